The molecule has 2 heterocycles. The van der Waals surface area contributed by atoms with Gasteiger partial charge in [-0.25, -0.2) is 0 Å². The van der Waals surface area contributed by atoms with Crippen LogP contribution in [0.25, 0.3) is 16.5 Å². The first kappa shape index (κ1) is 21.1. The van der Waals surface area contributed by atoms with Crippen molar-refractivity contribution >= 4 is 40.0 Å². The zero-order valence-corrected chi connectivity index (χ0v) is 18.2. The molecule has 0 atom stereocenters. The first-order valence-corrected chi connectivity index (χ1v) is 10.7. The van der Waals surface area contributed by atoms with Crippen molar-refractivity contribution in [3.63, 3.8) is 0 Å². The van der Waals surface area contributed by atoms with Gasteiger partial charge in [-0.05, 0) is 42.6 Å². The Morgan fingerprint density at radius 1 is 0.941 bits per heavy atom. The van der Waals surface area contributed by atoms with Crippen molar-refractivity contribution < 1.29 is 14.4 Å². The SMILES string of the molecule is CCN(C(=O)c1ccc(-n2c(N)c3c(cc2=O)C(=O)NC3=O)cc1)c1cccc2ccccc12. The second kappa shape index (κ2) is 8.00. The summed E-state index contributed by atoms with van der Waals surface area (Å²) >= 11 is 0. The van der Waals surface area contributed by atoms with Gasteiger partial charge < -0.3 is 10.6 Å². The van der Waals surface area contributed by atoms with Gasteiger partial charge in [0.2, 0.25) is 0 Å². The zero-order chi connectivity index (χ0) is 24.0. The van der Waals surface area contributed by atoms with E-state index in [2.05, 4.69) is 5.32 Å². The number of imide groups is 1. The molecule has 1 aliphatic heterocycles. The number of fused-ring (bicyclic) bond motifs is 2. The third-order valence-electron chi connectivity index (χ3n) is 5.94. The summed E-state index contributed by atoms with van der Waals surface area (Å²) in [5.41, 5.74) is 7.09. The normalized spacial score (nSPS) is 12.5. The molecular formula is C26H20N4O4. The maximum absolute atomic E-state index is 13.4. The molecule has 0 saturated carbocycles. The fourth-order valence-electron chi connectivity index (χ4n) is 4.32. The molecule has 8 heteroatoms. The number of nitrogens with zero attached hydrogens (tertiary/aromatic N) is 2. The van der Waals surface area contributed by atoms with Crippen LogP contribution in [0.4, 0.5) is 11.5 Å². The summed E-state index contributed by atoms with van der Waals surface area (Å²) < 4.78 is 1.15. The summed E-state index contributed by atoms with van der Waals surface area (Å²) in [5, 5.41) is 4.15. The van der Waals surface area contributed by atoms with Gasteiger partial charge >= 0.3 is 0 Å². The minimum atomic E-state index is -0.648. The molecule has 3 aromatic carbocycles. The standard InChI is InChI=1S/C26H20N4O4/c1-2-29(20-9-5-7-15-6-3-4-8-18(15)20)26(34)16-10-12-17(13-11-16)30-21(31)14-19-22(23(30)27)25(33)28-24(19)32/h3-14H,2,27H2,1H3,(H,28,32,33). The Morgan fingerprint density at radius 2 is 1.65 bits per heavy atom. The van der Waals surface area contributed by atoms with Crippen LogP contribution >= 0.6 is 0 Å². The van der Waals surface area contributed by atoms with Gasteiger partial charge in [0.1, 0.15) is 5.82 Å². The van der Waals surface area contributed by atoms with Gasteiger partial charge in [0.25, 0.3) is 23.3 Å². The number of pyridine rings is 1. The van der Waals surface area contributed by atoms with Gasteiger partial charge in [-0.15, -0.1) is 0 Å². The highest BCUT2D eigenvalue weighted by atomic mass is 16.2. The number of nitrogens with two attached hydrogens (primary N) is 1. The van der Waals surface area contributed by atoms with Crippen LogP contribution in [0.3, 0.4) is 0 Å². The molecule has 0 fully saturated rings. The van der Waals surface area contributed by atoms with Crippen LogP contribution in [0, 0.1) is 0 Å². The lowest BCUT2D eigenvalue weighted by atomic mass is 10.1. The molecule has 34 heavy (non-hydrogen) atoms. The van der Waals surface area contributed by atoms with Gasteiger partial charge in [0, 0.05) is 23.6 Å². The van der Waals surface area contributed by atoms with Gasteiger partial charge in [-0.1, -0.05) is 36.4 Å². The molecule has 4 aromatic rings. The number of hydrogen-bond donors (Lipinski definition) is 2. The summed E-state index contributed by atoms with van der Waals surface area (Å²) in [7, 11) is 0. The maximum atomic E-state index is 13.4. The molecule has 3 amide bonds. The molecule has 0 spiro atoms. The number of benzene rings is 3. The number of amides is 3. The van der Waals surface area contributed by atoms with Crippen molar-refractivity contribution in [1.82, 2.24) is 9.88 Å². The Hall–Kier alpha value is -4.72. The Balaban J connectivity index is 1.52. The number of carbonyl (C=O) groups is 3. The summed E-state index contributed by atoms with van der Waals surface area (Å²) in [6, 6.07) is 21.2. The highest BCUT2D eigenvalue weighted by Crippen LogP contribution is 2.28. The van der Waals surface area contributed by atoms with Crippen molar-refractivity contribution in [2.45, 2.75) is 6.92 Å². The lowest BCUT2D eigenvalue weighted by molar-refractivity contribution is 0.0878. The first-order valence-electron chi connectivity index (χ1n) is 10.7. The van der Waals surface area contributed by atoms with Crippen molar-refractivity contribution in [1.29, 1.82) is 0 Å². The van der Waals surface area contributed by atoms with E-state index in [-0.39, 0.29) is 22.9 Å². The first-order chi connectivity index (χ1) is 16.4. The maximum Gasteiger partial charge on any atom is 0.262 e. The van der Waals surface area contributed by atoms with Crippen LogP contribution in [-0.4, -0.2) is 28.8 Å². The molecule has 0 radical (unpaired) electrons. The Bertz CT molecular complexity index is 1550. The predicted molar refractivity (Wildman–Crippen MR) is 130 cm³/mol. The molecule has 1 aromatic heterocycles. The molecule has 168 valence electrons. The predicted octanol–water partition coefficient (Wildman–Crippen LogP) is 3.12. The number of hydrogen-bond acceptors (Lipinski definition) is 5. The average Bonchev–Trinajstić information content (AvgIpc) is 3.13. The molecule has 0 aliphatic carbocycles. The van der Waals surface area contributed by atoms with E-state index in [1.165, 1.54) is 0 Å². The lowest BCUT2D eigenvalue weighted by Crippen LogP contribution is -2.31. The third-order valence-corrected chi connectivity index (χ3v) is 5.94. The molecule has 3 N–H and O–H groups in total. The number of aromatic nitrogens is 1. The van der Waals surface area contributed by atoms with Crippen LogP contribution in [0.15, 0.2) is 77.6 Å². The smallest absolute Gasteiger partial charge is 0.262 e. The fourth-order valence-corrected chi connectivity index (χ4v) is 4.32. The van der Waals surface area contributed by atoms with Crippen molar-refractivity contribution in [3.8, 4) is 5.69 Å². The van der Waals surface area contributed by atoms with E-state index < -0.39 is 17.4 Å². The van der Waals surface area contributed by atoms with Crippen LogP contribution in [0.1, 0.15) is 38.0 Å². The number of rotatable bonds is 4. The quantitative estimate of drug-likeness (QED) is 0.462. The van der Waals surface area contributed by atoms with E-state index in [1.54, 1.807) is 29.2 Å². The second-order valence-corrected chi connectivity index (χ2v) is 7.87. The largest absolute Gasteiger partial charge is 0.384 e. The van der Waals surface area contributed by atoms with E-state index in [4.69, 9.17) is 5.73 Å². The second-order valence-electron chi connectivity index (χ2n) is 7.87. The van der Waals surface area contributed by atoms with Crippen molar-refractivity contribution in [2.24, 2.45) is 0 Å². The summed E-state index contributed by atoms with van der Waals surface area (Å²) in [4.78, 5) is 51.7. The average molecular weight is 452 g/mol. The summed E-state index contributed by atoms with van der Waals surface area (Å²) in [5.74, 6) is -1.61. The highest BCUT2D eigenvalue weighted by Gasteiger charge is 2.31. The minimum Gasteiger partial charge on any atom is -0.384 e. The van der Waals surface area contributed by atoms with Crippen molar-refractivity contribution in [2.75, 3.05) is 17.2 Å². The topological polar surface area (TPSA) is 114 Å². The van der Waals surface area contributed by atoms with Gasteiger partial charge in [-0.2, -0.15) is 0 Å². The zero-order valence-electron chi connectivity index (χ0n) is 18.2. The van der Waals surface area contributed by atoms with Crippen LogP contribution in [0.2, 0.25) is 0 Å². The van der Waals surface area contributed by atoms with Crippen molar-refractivity contribution in [3.05, 3.63) is 99.8 Å². The van der Waals surface area contributed by atoms with E-state index in [0.717, 1.165) is 27.1 Å². The minimum absolute atomic E-state index is 0.0298. The molecule has 5 rings (SSSR count). The lowest BCUT2D eigenvalue weighted by Gasteiger charge is -2.23. The van der Waals surface area contributed by atoms with Gasteiger partial charge in [0.15, 0.2) is 0 Å². The molecule has 0 saturated heterocycles. The fraction of sp³-hybridized carbons (Fsp3) is 0.0769. The molecular weight excluding hydrogens is 432 g/mol. The number of carbonyl (C=O) groups excluding carboxylic acids is 3. The Kier molecular flexibility index (Phi) is 4.98. The molecule has 1 aliphatic rings. The Labute approximate surface area is 194 Å². The van der Waals surface area contributed by atoms with E-state index in [0.29, 0.717) is 17.8 Å². The summed E-state index contributed by atoms with van der Waals surface area (Å²) in [6.45, 7) is 2.38. The van der Waals surface area contributed by atoms with E-state index in [1.807, 2.05) is 49.4 Å². The van der Waals surface area contributed by atoms with Crippen LogP contribution in [-0.2, 0) is 0 Å². The molecule has 8 nitrogen and oxygen atoms in total. The number of nitrogens with one attached hydrogen (secondary N) is 1. The Morgan fingerprint density at radius 3 is 2.38 bits per heavy atom. The summed E-state index contributed by atoms with van der Waals surface area (Å²) in [6.07, 6.45) is 0. The van der Waals surface area contributed by atoms with Gasteiger partial charge in [-0.3, -0.25) is 29.1 Å². The van der Waals surface area contributed by atoms with Crippen LogP contribution in [0.5, 0.6) is 0 Å². The third kappa shape index (κ3) is 3.24. The monoisotopic (exact) mass is 452 g/mol. The van der Waals surface area contributed by atoms with Gasteiger partial charge in [0.05, 0.1) is 22.5 Å². The number of anilines is 2. The highest BCUT2D eigenvalue weighted by molar-refractivity contribution is 6.23. The van der Waals surface area contributed by atoms with Crippen LogP contribution < -0.4 is 21.5 Å². The molecule has 0 bridgehead atoms. The van der Waals surface area contributed by atoms with E-state index >= 15 is 0 Å². The number of nitrogen functional groups attached to an aromatic ring is 1. The molecule has 0 unspecified atom stereocenters. The van der Waals surface area contributed by atoms with E-state index in [9.17, 15) is 19.2 Å².